The number of nitrogens with one attached hydrogen (secondary N) is 1. The zero-order chi connectivity index (χ0) is 28.5. The molecule has 40 heavy (non-hydrogen) atoms. The number of ether oxygens (including phenoxy) is 3. The first-order valence-electron chi connectivity index (χ1n) is 12.2. The van der Waals surface area contributed by atoms with Crippen LogP contribution in [0, 0.1) is 11.2 Å². The molecule has 4 rings (SSSR count). The normalized spacial score (nSPS) is 12.4. The number of hydrogen-bond donors (Lipinski definition) is 2. The van der Waals surface area contributed by atoms with Crippen molar-refractivity contribution in [3.63, 3.8) is 0 Å². The molecule has 0 saturated carbocycles. The summed E-state index contributed by atoms with van der Waals surface area (Å²) in [5.74, 6) is -1.00. The molecule has 212 valence electrons. The Balaban J connectivity index is 0.00000441. The maximum Gasteiger partial charge on any atom is 0.307 e. The van der Waals surface area contributed by atoms with Gasteiger partial charge in [0.05, 0.1) is 32.7 Å². The number of methoxy groups -OCH3 is 2. The maximum absolute atomic E-state index is 15.1. The molecule has 2 N–H and O–H groups in total. The van der Waals surface area contributed by atoms with Crippen LogP contribution in [0.25, 0.3) is 0 Å². The van der Waals surface area contributed by atoms with Gasteiger partial charge in [-0.15, -0.1) is 17.0 Å². The fourth-order valence-electron chi connectivity index (χ4n) is 4.47. The predicted octanol–water partition coefficient (Wildman–Crippen LogP) is 5.56. The minimum absolute atomic E-state index is 0. The van der Waals surface area contributed by atoms with Gasteiger partial charge in [-0.3, -0.25) is 15.0 Å². The van der Waals surface area contributed by atoms with E-state index in [4.69, 9.17) is 24.7 Å². The van der Waals surface area contributed by atoms with E-state index < -0.39 is 11.8 Å². The number of hydrogen-bond acceptors (Lipinski definition) is 7. The molecule has 0 bridgehead atoms. The van der Waals surface area contributed by atoms with Gasteiger partial charge in [-0.2, -0.15) is 0 Å². The van der Waals surface area contributed by atoms with Crippen molar-refractivity contribution in [2.75, 3.05) is 20.8 Å². The number of aromatic nitrogens is 1. The summed E-state index contributed by atoms with van der Waals surface area (Å²) in [4.78, 5) is 29.9. The number of pyridine rings is 1. The lowest BCUT2D eigenvalue weighted by Gasteiger charge is -2.24. The lowest BCUT2D eigenvalue weighted by Crippen LogP contribution is -2.30. The van der Waals surface area contributed by atoms with Crippen molar-refractivity contribution in [3.05, 3.63) is 76.2 Å². The number of aliphatic carboxylic acids is 1. The van der Waals surface area contributed by atoms with Crippen LogP contribution >= 0.6 is 17.0 Å². The zero-order valence-electron chi connectivity index (χ0n) is 22.8. The molecule has 1 aromatic heterocycles. The van der Waals surface area contributed by atoms with E-state index in [-0.39, 0.29) is 70.6 Å². The number of ketones is 1. The average Bonchev–Trinajstić information content (AvgIpc) is 3.19. The zero-order valence-corrected chi connectivity index (χ0v) is 24.5. The van der Waals surface area contributed by atoms with E-state index in [2.05, 4.69) is 4.98 Å². The minimum atomic E-state index is -0.946. The Morgan fingerprint density at radius 1 is 1.10 bits per heavy atom. The van der Waals surface area contributed by atoms with Gasteiger partial charge in [0.15, 0.2) is 23.1 Å². The summed E-state index contributed by atoms with van der Waals surface area (Å²) in [6.45, 7) is 6.04. The van der Waals surface area contributed by atoms with E-state index in [1.54, 1.807) is 36.4 Å². The van der Waals surface area contributed by atoms with E-state index in [1.165, 1.54) is 25.3 Å². The summed E-state index contributed by atoms with van der Waals surface area (Å²) in [7, 11) is 2.74. The molecule has 0 spiro atoms. The number of carboxylic acid groups (broad SMARTS) is 1. The number of rotatable bonds is 9. The van der Waals surface area contributed by atoms with Crippen molar-refractivity contribution in [1.29, 1.82) is 5.41 Å². The molecule has 0 amide bonds. The van der Waals surface area contributed by atoms with Crippen LogP contribution in [-0.2, 0) is 23.2 Å². The Kier molecular flexibility index (Phi) is 9.19. The Bertz CT molecular complexity index is 1450. The predicted molar refractivity (Wildman–Crippen MR) is 152 cm³/mol. The molecular weight excluding hydrogens is 585 g/mol. The van der Waals surface area contributed by atoms with Gasteiger partial charge in [0.25, 0.3) is 0 Å². The summed E-state index contributed by atoms with van der Waals surface area (Å²) in [6.07, 6.45) is 1.32. The Labute approximate surface area is 242 Å². The summed E-state index contributed by atoms with van der Waals surface area (Å²) in [5, 5.41) is 17.5. The van der Waals surface area contributed by atoms with E-state index in [0.29, 0.717) is 28.3 Å². The molecule has 2 aromatic carbocycles. The molecule has 11 heteroatoms. The molecule has 0 radical (unpaired) electrons. The molecule has 9 nitrogen and oxygen atoms in total. The number of carboxylic acids is 1. The second-order valence-electron chi connectivity index (χ2n) is 10.2. The van der Waals surface area contributed by atoms with Crippen molar-refractivity contribution < 1.29 is 33.3 Å². The molecular formula is C29H31BrFN3O6. The molecule has 0 aliphatic carbocycles. The van der Waals surface area contributed by atoms with Gasteiger partial charge < -0.3 is 24.2 Å². The number of benzene rings is 2. The van der Waals surface area contributed by atoms with Crippen LogP contribution in [0.1, 0.15) is 53.4 Å². The van der Waals surface area contributed by atoms with Gasteiger partial charge in [-0.25, -0.2) is 9.37 Å². The third-order valence-electron chi connectivity index (χ3n) is 6.42. The van der Waals surface area contributed by atoms with Crippen LogP contribution in [0.2, 0.25) is 0 Å². The molecule has 3 aromatic rings. The number of halogens is 2. The maximum atomic E-state index is 15.1. The molecule has 0 unspecified atom stereocenters. The van der Waals surface area contributed by atoms with Gasteiger partial charge in [0.2, 0.25) is 5.88 Å². The van der Waals surface area contributed by atoms with Crippen LogP contribution in [0.4, 0.5) is 4.39 Å². The van der Waals surface area contributed by atoms with Crippen molar-refractivity contribution in [3.8, 4) is 23.1 Å². The van der Waals surface area contributed by atoms with Gasteiger partial charge in [-0.05, 0) is 40.8 Å². The van der Waals surface area contributed by atoms with Crippen molar-refractivity contribution in [1.82, 2.24) is 9.88 Å². The number of carbonyl (C=O) groups is 2. The second kappa shape index (κ2) is 12.0. The highest BCUT2D eigenvalue weighted by Crippen LogP contribution is 2.39. The topological polar surface area (TPSA) is 122 Å². The highest BCUT2D eigenvalue weighted by Gasteiger charge is 2.33. The second-order valence-corrected chi connectivity index (χ2v) is 10.2. The number of Topliss-reactive ketones (excluding diaryl/α,β-unsaturated/α-hetero) is 1. The first-order valence-corrected chi connectivity index (χ1v) is 12.2. The average molecular weight is 616 g/mol. The van der Waals surface area contributed by atoms with Crippen LogP contribution in [0.3, 0.4) is 0 Å². The Hall–Kier alpha value is -3.99. The minimum Gasteiger partial charge on any atom is -0.493 e. The first-order chi connectivity index (χ1) is 18.4. The summed E-state index contributed by atoms with van der Waals surface area (Å²) < 4.78 is 31.4. The number of nitrogens with zero attached hydrogens (tertiary/aromatic N) is 2. The lowest BCUT2D eigenvalue weighted by atomic mass is 9.85. The standard InChI is InChI=1S/C29H30FN3O6.BrH/c1-29(2,3)19-11-17(7-8-21(19)39-23-9-6-16(13-32-23)10-24(35)36)20(34)15-33-14-18-12-22(37-4)27(38-5)26(30)25(18)28(33)31;/h6-9,11-13,31H,10,14-15H2,1-5H3,(H,35,36);1H. The van der Waals surface area contributed by atoms with Crippen molar-refractivity contribution >= 4 is 34.6 Å². The molecule has 2 heterocycles. The van der Waals surface area contributed by atoms with Crippen LogP contribution in [-0.4, -0.2) is 53.3 Å². The van der Waals surface area contributed by atoms with Crippen molar-refractivity contribution in [2.45, 2.75) is 39.2 Å². The molecule has 1 aliphatic heterocycles. The monoisotopic (exact) mass is 615 g/mol. The molecule has 1 aliphatic rings. The third kappa shape index (κ3) is 6.25. The Morgan fingerprint density at radius 2 is 1.82 bits per heavy atom. The quantitative estimate of drug-likeness (QED) is 0.300. The van der Waals surface area contributed by atoms with Gasteiger partial charge in [0.1, 0.15) is 11.6 Å². The first kappa shape index (κ1) is 30.6. The van der Waals surface area contributed by atoms with E-state index >= 15 is 4.39 Å². The van der Waals surface area contributed by atoms with Gasteiger partial charge >= 0.3 is 5.97 Å². The van der Waals surface area contributed by atoms with Gasteiger partial charge in [0, 0.05) is 29.9 Å². The SMILES string of the molecule is Br.COc1cc2c(c(F)c1OC)C(=N)N(CC(=O)c1ccc(Oc3ccc(CC(=O)O)cn3)c(C(C)(C)C)c1)C2. The van der Waals surface area contributed by atoms with E-state index in [9.17, 15) is 9.59 Å². The highest BCUT2D eigenvalue weighted by atomic mass is 79.9. The number of fused-ring (bicyclic) bond motifs is 1. The van der Waals surface area contributed by atoms with E-state index in [1.807, 2.05) is 20.8 Å². The molecule has 0 saturated heterocycles. The molecule has 0 fully saturated rings. The molecule has 0 atom stereocenters. The summed E-state index contributed by atoms with van der Waals surface area (Å²) >= 11 is 0. The lowest BCUT2D eigenvalue weighted by molar-refractivity contribution is -0.136. The summed E-state index contributed by atoms with van der Waals surface area (Å²) in [5.41, 5.74) is 2.01. The largest absolute Gasteiger partial charge is 0.493 e. The highest BCUT2D eigenvalue weighted by molar-refractivity contribution is 8.93. The van der Waals surface area contributed by atoms with Crippen LogP contribution < -0.4 is 14.2 Å². The van der Waals surface area contributed by atoms with Gasteiger partial charge in [-0.1, -0.05) is 26.8 Å². The Morgan fingerprint density at radius 3 is 2.40 bits per heavy atom. The fourth-order valence-corrected chi connectivity index (χ4v) is 4.47. The van der Waals surface area contributed by atoms with Crippen molar-refractivity contribution in [2.24, 2.45) is 0 Å². The fraction of sp³-hybridized carbons (Fsp3) is 0.310. The third-order valence-corrected chi connectivity index (χ3v) is 6.42. The number of amidine groups is 1. The number of carbonyl (C=O) groups excluding carboxylic acids is 1. The smallest absolute Gasteiger partial charge is 0.307 e. The van der Waals surface area contributed by atoms with Crippen LogP contribution in [0.15, 0.2) is 42.6 Å². The van der Waals surface area contributed by atoms with E-state index in [0.717, 1.165) is 5.56 Å². The van der Waals surface area contributed by atoms with Crippen LogP contribution in [0.5, 0.6) is 23.1 Å². The summed E-state index contributed by atoms with van der Waals surface area (Å²) in [6, 6.07) is 9.97.